The Morgan fingerprint density at radius 3 is 2.80 bits per heavy atom. The molecule has 1 aliphatic rings. The Hall–Kier alpha value is -1.92. The smallest absolute Gasteiger partial charge is 0.311 e. The number of hydrogen-bond donors (Lipinski definition) is 2. The van der Waals surface area contributed by atoms with Crippen LogP contribution in [0.3, 0.4) is 0 Å². The Morgan fingerprint density at radius 2 is 2.25 bits per heavy atom. The maximum Gasteiger partial charge on any atom is 0.311 e. The molecule has 1 saturated heterocycles. The number of rotatable bonds is 4. The highest BCUT2D eigenvalue weighted by atomic mass is 16.4. The van der Waals surface area contributed by atoms with Crippen molar-refractivity contribution in [3.05, 3.63) is 11.6 Å². The van der Waals surface area contributed by atoms with Gasteiger partial charge < -0.3 is 10.0 Å². The number of carboxylic acids is 1. The fourth-order valence-electron chi connectivity index (χ4n) is 2.85. The molecule has 0 bridgehead atoms. The molecule has 0 radical (unpaired) electrons. The van der Waals surface area contributed by atoms with Crippen LogP contribution >= 0.6 is 0 Å². The standard InChI is InChI=1S/C13H20N4O3/c1-3-5-13(12(19)20)6-4-7-17(8-13)11(18)10-14-9(2)15-16-10/h3-8H2,1-2H3,(H,19,20)(H,14,15,16). The van der Waals surface area contributed by atoms with E-state index in [1.165, 1.54) is 0 Å². The molecule has 2 rings (SSSR count). The van der Waals surface area contributed by atoms with Crippen LogP contribution in [-0.4, -0.2) is 50.2 Å². The number of amides is 1. The number of H-pyrrole nitrogens is 1. The normalized spacial score (nSPS) is 22.8. The summed E-state index contributed by atoms with van der Waals surface area (Å²) < 4.78 is 0. The Morgan fingerprint density at radius 1 is 1.50 bits per heavy atom. The second-order valence-electron chi connectivity index (χ2n) is 5.41. The molecule has 7 nitrogen and oxygen atoms in total. The molecule has 1 fully saturated rings. The van der Waals surface area contributed by atoms with Gasteiger partial charge in [0.1, 0.15) is 5.82 Å². The van der Waals surface area contributed by atoms with Gasteiger partial charge >= 0.3 is 5.97 Å². The molecule has 0 saturated carbocycles. The molecule has 2 N–H and O–H groups in total. The number of likely N-dealkylation sites (tertiary alicyclic amines) is 1. The van der Waals surface area contributed by atoms with Crippen molar-refractivity contribution in [2.24, 2.45) is 5.41 Å². The van der Waals surface area contributed by atoms with Crippen molar-refractivity contribution in [3.8, 4) is 0 Å². The maximum atomic E-state index is 12.3. The van der Waals surface area contributed by atoms with E-state index >= 15 is 0 Å². The van der Waals surface area contributed by atoms with Crippen molar-refractivity contribution in [1.29, 1.82) is 0 Å². The first-order valence-corrected chi connectivity index (χ1v) is 6.90. The first kappa shape index (κ1) is 14.5. The van der Waals surface area contributed by atoms with Crippen LogP contribution in [0.5, 0.6) is 0 Å². The minimum atomic E-state index is -0.825. The summed E-state index contributed by atoms with van der Waals surface area (Å²) in [5.41, 5.74) is -0.825. The van der Waals surface area contributed by atoms with Crippen LogP contribution in [0.1, 0.15) is 49.1 Å². The lowest BCUT2D eigenvalue weighted by atomic mass is 9.76. The molecular formula is C13H20N4O3. The average molecular weight is 280 g/mol. The van der Waals surface area contributed by atoms with Crippen LogP contribution in [0, 0.1) is 12.3 Å². The molecule has 1 amide bonds. The van der Waals surface area contributed by atoms with Crippen molar-refractivity contribution >= 4 is 11.9 Å². The zero-order valence-corrected chi connectivity index (χ0v) is 11.8. The Kier molecular flexibility index (Phi) is 4.06. The fourth-order valence-corrected chi connectivity index (χ4v) is 2.85. The van der Waals surface area contributed by atoms with Gasteiger partial charge in [0.25, 0.3) is 5.91 Å². The molecule has 0 aromatic carbocycles. The van der Waals surface area contributed by atoms with E-state index in [1.807, 2.05) is 6.92 Å². The number of hydrogen-bond acceptors (Lipinski definition) is 4. The van der Waals surface area contributed by atoms with Gasteiger partial charge in [0, 0.05) is 13.1 Å². The molecule has 2 heterocycles. The summed E-state index contributed by atoms with van der Waals surface area (Å²) in [5.74, 6) is -0.428. The highest BCUT2D eigenvalue weighted by Gasteiger charge is 2.43. The summed E-state index contributed by atoms with van der Waals surface area (Å²) in [7, 11) is 0. The SMILES string of the molecule is CCCC1(C(=O)O)CCCN(C(=O)c2n[nH]c(C)n2)C1. The van der Waals surface area contributed by atoms with Crippen molar-refractivity contribution in [2.75, 3.05) is 13.1 Å². The summed E-state index contributed by atoms with van der Waals surface area (Å²) >= 11 is 0. The van der Waals surface area contributed by atoms with Gasteiger partial charge in [-0.05, 0) is 26.2 Å². The first-order chi connectivity index (χ1) is 9.48. The van der Waals surface area contributed by atoms with Crippen LogP contribution in [0.2, 0.25) is 0 Å². The minimum Gasteiger partial charge on any atom is -0.481 e. The number of aliphatic carboxylic acids is 1. The highest BCUT2D eigenvalue weighted by molar-refractivity contribution is 5.91. The van der Waals surface area contributed by atoms with E-state index in [0.29, 0.717) is 31.6 Å². The number of carboxylic acid groups (broad SMARTS) is 1. The van der Waals surface area contributed by atoms with Gasteiger partial charge in [-0.25, -0.2) is 4.98 Å². The Bertz CT molecular complexity index is 509. The van der Waals surface area contributed by atoms with E-state index in [1.54, 1.807) is 11.8 Å². The van der Waals surface area contributed by atoms with E-state index in [4.69, 9.17) is 0 Å². The van der Waals surface area contributed by atoms with Crippen molar-refractivity contribution in [3.63, 3.8) is 0 Å². The van der Waals surface area contributed by atoms with Gasteiger partial charge in [-0.15, -0.1) is 5.10 Å². The van der Waals surface area contributed by atoms with Gasteiger partial charge in [-0.3, -0.25) is 14.7 Å². The van der Waals surface area contributed by atoms with Gasteiger partial charge in [0.05, 0.1) is 5.41 Å². The summed E-state index contributed by atoms with van der Waals surface area (Å²) in [6.45, 7) is 4.48. The van der Waals surface area contributed by atoms with Gasteiger partial charge in [-0.1, -0.05) is 13.3 Å². The van der Waals surface area contributed by atoms with Gasteiger partial charge in [0.2, 0.25) is 5.82 Å². The van der Waals surface area contributed by atoms with Crippen LogP contribution < -0.4 is 0 Å². The lowest BCUT2D eigenvalue weighted by Crippen LogP contribution is -2.50. The minimum absolute atomic E-state index is 0.111. The first-order valence-electron chi connectivity index (χ1n) is 6.90. The molecule has 20 heavy (non-hydrogen) atoms. The predicted octanol–water partition coefficient (Wildman–Crippen LogP) is 1.22. The number of carbonyl (C=O) groups excluding carboxylic acids is 1. The molecule has 7 heteroatoms. The van der Waals surface area contributed by atoms with E-state index in [2.05, 4.69) is 15.2 Å². The topological polar surface area (TPSA) is 99.2 Å². The average Bonchev–Trinajstić information content (AvgIpc) is 2.85. The molecule has 0 aliphatic carbocycles. The van der Waals surface area contributed by atoms with E-state index in [0.717, 1.165) is 6.42 Å². The van der Waals surface area contributed by atoms with E-state index in [-0.39, 0.29) is 18.3 Å². The molecule has 0 spiro atoms. The second kappa shape index (κ2) is 5.60. The summed E-state index contributed by atoms with van der Waals surface area (Å²) in [5, 5.41) is 16.0. The molecule has 1 unspecified atom stereocenters. The van der Waals surface area contributed by atoms with Crippen LogP contribution in [-0.2, 0) is 4.79 Å². The lowest BCUT2D eigenvalue weighted by Gasteiger charge is -2.39. The van der Waals surface area contributed by atoms with Gasteiger partial charge in [-0.2, -0.15) is 0 Å². The third-order valence-corrected chi connectivity index (χ3v) is 3.83. The molecule has 1 aromatic heterocycles. The van der Waals surface area contributed by atoms with Crippen LogP contribution in [0.15, 0.2) is 0 Å². The third-order valence-electron chi connectivity index (χ3n) is 3.83. The summed E-state index contributed by atoms with van der Waals surface area (Å²) in [6.07, 6.45) is 2.68. The van der Waals surface area contributed by atoms with Crippen LogP contribution in [0.4, 0.5) is 0 Å². The highest BCUT2D eigenvalue weighted by Crippen LogP contribution is 2.35. The molecule has 1 atom stereocenters. The predicted molar refractivity (Wildman–Crippen MR) is 71.2 cm³/mol. The van der Waals surface area contributed by atoms with Crippen molar-refractivity contribution in [2.45, 2.75) is 39.5 Å². The number of aromatic amines is 1. The molecule has 1 aromatic rings. The number of piperidine rings is 1. The molecule has 1 aliphatic heterocycles. The maximum absolute atomic E-state index is 12.3. The number of aromatic nitrogens is 3. The van der Waals surface area contributed by atoms with Gasteiger partial charge in [0.15, 0.2) is 0 Å². The quantitative estimate of drug-likeness (QED) is 0.864. The second-order valence-corrected chi connectivity index (χ2v) is 5.41. The molecular weight excluding hydrogens is 260 g/mol. The molecule has 110 valence electrons. The van der Waals surface area contributed by atoms with E-state index in [9.17, 15) is 14.7 Å². The van der Waals surface area contributed by atoms with Crippen LogP contribution in [0.25, 0.3) is 0 Å². The lowest BCUT2D eigenvalue weighted by molar-refractivity contribution is -0.152. The Balaban J connectivity index is 2.17. The zero-order chi connectivity index (χ0) is 14.8. The number of nitrogens with zero attached hydrogens (tertiary/aromatic N) is 3. The summed E-state index contributed by atoms with van der Waals surface area (Å²) in [4.78, 5) is 29.5. The number of carbonyl (C=O) groups is 2. The number of nitrogens with one attached hydrogen (secondary N) is 1. The fraction of sp³-hybridized carbons (Fsp3) is 0.692. The Labute approximate surface area is 117 Å². The third kappa shape index (κ3) is 2.66. The zero-order valence-electron chi connectivity index (χ0n) is 11.8. The number of aryl methyl sites for hydroxylation is 1. The van der Waals surface area contributed by atoms with Crippen molar-refractivity contribution < 1.29 is 14.7 Å². The largest absolute Gasteiger partial charge is 0.481 e. The monoisotopic (exact) mass is 280 g/mol. The summed E-state index contributed by atoms with van der Waals surface area (Å²) in [6, 6.07) is 0. The van der Waals surface area contributed by atoms with E-state index < -0.39 is 11.4 Å². The van der Waals surface area contributed by atoms with Crippen molar-refractivity contribution in [1.82, 2.24) is 20.1 Å².